The molecule has 7 nitrogen and oxygen atoms in total. The number of hydrogen-bond acceptors (Lipinski definition) is 5. The van der Waals surface area contributed by atoms with Gasteiger partial charge in [0.2, 0.25) is 0 Å². The number of oxazole rings is 1. The maximum atomic E-state index is 13.2. The Bertz CT molecular complexity index is 1140. The molecule has 0 aliphatic heterocycles. The van der Waals surface area contributed by atoms with Gasteiger partial charge in [-0.1, -0.05) is 25.0 Å². The maximum absolute atomic E-state index is 13.2. The van der Waals surface area contributed by atoms with Gasteiger partial charge in [-0.05, 0) is 67.6 Å². The molecule has 0 unspecified atom stereocenters. The second kappa shape index (κ2) is 13.7. The van der Waals surface area contributed by atoms with E-state index in [1.54, 1.807) is 18.4 Å². The molecule has 0 bridgehead atoms. The van der Waals surface area contributed by atoms with Gasteiger partial charge in [-0.25, -0.2) is 9.78 Å². The lowest BCUT2D eigenvalue weighted by molar-refractivity contribution is -0.192. The molecule has 0 saturated heterocycles. The van der Waals surface area contributed by atoms with E-state index in [0.717, 1.165) is 42.8 Å². The van der Waals surface area contributed by atoms with Crippen molar-refractivity contribution in [3.8, 4) is 0 Å². The van der Waals surface area contributed by atoms with Crippen molar-refractivity contribution in [3.05, 3.63) is 53.2 Å². The van der Waals surface area contributed by atoms with Crippen molar-refractivity contribution in [3.63, 3.8) is 0 Å². The highest BCUT2D eigenvalue weighted by Gasteiger charge is 2.39. The minimum absolute atomic E-state index is 0.0173. The van der Waals surface area contributed by atoms with E-state index < -0.39 is 29.9 Å². The second-order valence-electron chi connectivity index (χ2n) is 10.8. The SMILES string of the molecule is Cc1nc(CN(CC2CCCC2)[C@@H]2CC[C@@H](CC(=O)O)C[C@H]2c2ccc(C(F)(F)F)cc2)co1.O=C(O)C(F)(F)F. The number of rotatable bonds is 8. The van der Waals surface area contributed by atoms with Crippen LogP contribution in [0.25, 0.3) is 0 Å². The summed E-state index contributed by atoms with van der Waals surface area (Å²) in [6, 6.07) is 5.57. The van der Waals surface area contributed by atoms with E-state index in [1.165, 1.54) is 25.7 Å². The summed E-state index contributed by atoms with van der Waals surface area (Å²) in [5.41, 5.74) is 1.04. The van der Waals surface area contributed by atoms with Crippen LogP contribution < -0.4 is 0 Å². The fourth-order valence-electron chi connectivity index (χ4n) is 5.92. The van der Waals surface area contributed by atoms with Crippen molar-refractivity contribution in [1.82, 2.24) is 9.88 Å². The van der Waals surface area contributed by atoms with Crippen LogP contribution in [0.4, 0.5) is 26.3 Å². The second-order valence-corrected chi connectivity index (χ2v) is 10.8. The molecule has 0 spiro atoms. The molecule has 3 atom stereocenters. The molecule has 2 aliphatic rings. The molecule has 41 heavy (non-hydrogen) atoms. The number of carbonyl (C=O) groups is 2. The van der Waals surface area contributed by atoms with Crippen molar-refractivity contribution in [1.29, 1.82) is 0 Å². The Morgan fingerprint density at radius 1 is 0.976 bits per heavy atom. The summed E-state index contributed by atoms with van der Waals surface area (Å²) < 4.78 is 76.6. The van der Waals surface area contributed by atoms with Crippen molar-refractivity contribution in [2.24, 2.45) is 11.8 Å². The van der Waals surface area contributed by atoms with E-state index in [9.17, 15) is 36.2 Å². The van der Waals surface area contributed by atoms with Gasteiger partial charge < -0.3 is 14.6 Å². The monoisotopic (exact) mass is 592 g/mol. The Morgan fingerprint density at radius 3 is 2.07 bits per heavy atom. The lowest BCUT2D eigenvalue weighted by Crippen LogP contribution is -2.44. The van der Waals surface area contributed by atoms with Crippen LogP contribution >= 0.6 is 0 Å². The first kappa shape index (κ1) is 32.4. The van der Waals surface area contributed by atoms with Gasteiger partial charge in [0.15, 0.2) is 5.89 Å². The topological polar surface area (TPSA) is 104 Å². The Balaban J connectivity index is 0.000000587. The minimum Gasteiger partial charge on any atom is -0.481 e. The quantitative estimate of drug-likeness (QED) is 0.317. The first-order valence-corrected chi connectivity index (χ1v) is 13.5. The van der Waals surface area contributed by atoms with Crippen molar-refractivity contribution in [2.75, 3.05) is 6.54 Å². The van der Waals surface area contributed by atoms with Crippen LogP contribution in [0.5, 0.6) is 0 Å². The largest absolute Gasteiger partial charge is 0.490 e. The summed E-state index contributed by atoms with van der Waals surface area (Å²) in [6.45, 7) is 3.35. The van der Waals surface area contributed by atoms with Gasteiger partial charge in [-0.15, -0.1) is 0 Å². The number of halogens is 6. The third kappa shape index (κ3) is 9.75. The molecule has 1 aromatic heterocycles. The van der Waals surface area contributed by atoms with Crippen LogP contribution in [-0.4, -0.2) is 50.8 Å². The fraction of sp³-hybridized carbons (Fsp3) is 0.607. The fourth-order valence-corrected chi connectivity index (χ4v) is 5.92. The van der Waals surface area contributed by atoms with Gasteiger partial charge in [0.05, 0.1) is 11.3 Å². The number of hydrogen-bond donors (Lipinski definition) is 2. The number of aryl methyl sites for hydroxylation is 1. The van der Waals surface area contributed by atoms with Crippen LogP contribution in [0.1, 0.15) is 80.0 Å². The average Bonchev–Trinajstić information content (AvgIpc) is 3.54. The molecule has 228 valence electrons. The van der Waals surface area contributed by atoms with Crippen LogP contribution in [0, 0.1) is 18.8 Å². The molecular formula is C28H34F6N2O5. The molecule has 2 aromatic rings. The number of aromatic nitrogens is 1. The molecule has 2 fully saturated rings. The lowest BCUT2D eigenvalue weighted by atomic mass is 9.72. The highest BCUT2D eigenvalue weighted by molar-refractivity contribution is 5.73. The van der Waals surface area contributed by atoms with Gasteiger partial charge in [0, 0.05) is 32.5 Å². The van der Waals surface area contributed by atoms with E-state index in [1.807, 2.05) is 6.92 Å². The van der Waals surface area contributed by atoms with E-state index in [-0.39, 0.29) is 24.3 Å². The zero-order valence-corrected chi connectivity index (χ0v) is 22.5. The molecule has 0 radical (unpaired) electrons. The van der Waals surface area contributed by atoms with Crippen LogP contribution in [-0.2, 0) is 22.3 Å². The molecule has 1 heterocycles. The van der Waals surface area contributed by atoms with E-state index in [4.69, 9.17) is 14.3 Å². The normalized spacial score (nSPS) is 21.9. The van der Waals surface area contributed by atoms with Gasteiger partial charge in [-0.3, -0.25) is 9.69 Å². The number of aliphatic carboxylic acids is 2. The summed E-state index contributed by atoms with van der Waals surface area (Å²) in [7, 11) is 0. The number of benzene rings is 1. The summed E-state index contributed by atoms with van der Waals surface area (Å²) in [6.07, 6.45) is -0.585. The molecule has 2 aliphatic carbocycles. The molecule has 1 aromatic carbocycles. The molecule has 0 amide bonds. The number of carboxylic acids is 2. The van der Waals surface area contributed by atoms with Gasteiger partial charge in [-0.2, -0.15) is 26.3 Å². The van der Waals surface area contributed by atoms with Gasteiger partial charge in [0.1, 0.15) is 6.26 Å². The van der Waals surface area contributed by atoms with Crippen LogP contribution in [0.2, 0.25) is 0 Å². The summed E-state index contributed by atoms with van der Waals surface area (Å²) >= 11 is 0. The number of carboxylic acid groups (broad SMARTS) is 2. The summed E-state index contributed by atoms with van der Waals surface area (Å²) in [4.78, 5) is 27.2. The van der Waals surface area contributed by atoms with Crippen LogP contribution in [0.15, 0.2) is 34.9 Å². The predicted octanol–water partition coefficient (Wildman–Crippen LogP) is 7.05. The summed E-state index contributed by atoms with van der Waals surface area (Å²) in [5.74, 6) is -2.39. The van der Waals surface area contributed by atoms with Crippen molar-refractivity contribution >= 4 is 11.9 Å². The predicted molar refractivity (Wildman–Crippen MR) is 135 cm³/mol. The highest BCUT2D eigenvalue weighted by Crippen LogP contribution is 2.42. The molecular weight excluding hydrogens is 558 g/mol. The molecule has 2 N–H and O–H groups in total. The Labute approximate surface area is 233 Å². The maximum Gasteiger partial charge on any atom is 0.490 e. The smallest absolute Gasteiger partial charge is 0.481 e. The average molecular weight is 593 g/mol. The first-order valence-electron chi connectivity index (χ1n) is 13.5. The van der Waals surface area contributed by atoms with Gasteiger partial charge >= 0.3 is 24.3 Å². The van der Waals surface area contributed by atoms with E-state index >= 15 is 0 Å². The van der Waals surface area contributed by atoms with Crippen molar-refractivity contribution in [2.45, 2.75) is 89.1 Å². The number of alkyl halides is 6. The van der Waals surface area contributed by atoms with E-state index in [0.29, 0.717) is 24.8 Å². The van der Waals surface area contributed by atoms with Gasteiger partial charge in [0.25, 0.3) is 0 Å². The highest BCUT2D eigenvalue weighted by atomic mass is 19.4. The third-order valence-corrected chi connectivity index (χ3v) is 7.76. The molecule has 2 saturated carbocycles. The first-order chi connectivity index (χ1) is 19.1. The molecule has 13 heteroatoms. The zero-order valence-electron chi connectivity index (χ0n) is 22.5. The third-order valence-electron chi connectivity index (χ3n) is 7.76. The zero-order chi connectivity index (χ0) is 30.4. The number of nitrogens with zero attached hydrogens (tertiary/aromatic N) is 2. The van der Waals surface area contributed by atoms with E-state index in [2.05, 4.69) is 9.88 Å². The standard InChI is InChI=1S/C26H33F3N2O3.C2HF3O2/c1-17-30-22(16-34-17)15-31(14-18-4-2-3-5-18)24-11-6-19(13-25(32)33)12-23(24)20-7-9-21(10-8-20)26(27,28)29;3-2(4,5)1(6)7/h7-10,16,18-19,23-24H,2-6,11-15H2,1H3,(H,32,33);(H,6,7)/t19-,23+,24-;/m1./s1. The Kier molecular flexibility index (Phi) is 10.8. The molecule has 4 rings (SSSR count). The van der Waals surface area contributed by atoms with Crippen molar-refractivity contribution < 1.29 is 50.6 Å². The summed E-state index contributed by atoms with van der Waals surface area (Å²) in [5, 5.41) is 16.5. The Morgan fingerprint density at radius 2 is 1.59 bits per heavy atom. The Hall–Kier alpha value is -3.09. The lowest BCUT2D eigenvalue weighted by Gasteiger charge is -2.43. The van der Waals surface area contributed by atoms with Crippen LogP contribution in [0.3, 0.4) is 0 Å². The minimum atomic E-state index is -5.08.